The average molecular weight is 555 g/mol. The number of methoxy groups -OCH3 is 1. The third-order valence-electron chi connectivity index (χ3n) is 7.23. The second-order valence-electron chi connectivity index (χ2n) is 12.6. The van der Waals surface area contributed by atoms with Crippen LogP contribution >= 0.6 is 0 Å². The van der Waals surface area contributed by atoms with Crippen LogP contribution in [0.1, 0.15) is 76.6 Å². The van der Waals surface area contributed by atoms with E-state index >= 15 is 0 Å². The quantitative estimate of drug-likeness (QED) is 0.423. The Morgan fingerprint density at radius 3 is 2.18 bits per heavy atom. The van der Waals surface area contributed by atoms with Crippen LogP contribution in [-0.4, -0.2) is 51.5 Å². The zero-order valence-electron chi connectivity index (χ0n) is 24.3. The summed E-state index contributed by atoms with van der Waals surface area (Å²) in [6.45, 7) is 13.6. The predicted molar refractivity (Wildman–Crippen MR) is 156 cm³/mol. The van der Waals surface area contributed by atoms with E-state index in [-0.39, 0.29) is 11.5 Å². The number of rotatable bonds is 6. The Bertz CT molecular complexity index is 1230. The van der Waals surface area contributed by atoms with E-state index in [0.29, 0.717) is 26.3 Å². The van der Waals surface area contributed by atoms with Crippen molar-refractivity contribution in [2.24, 2.45) is 9.81 Å². The second kappa shape index (κ2) is 11.4. The van der Waals surface area contributed by atoms with Gasteiger partial charge in [-0.25, -0.2) is 9.00 Å². The van der Waals surface area contributed by atoms with Crippen LogP contribution in [0.2, 0.25) is 0 Å². The van der Waals surface area contributed by atoms with E-state index in [0.717, 1.165) is 47.4 Å². The van der Waals surface area contributed by atoms with Gasteiger partial charge in [-0.05, 0) is 95.7 Å². The van der Waals surface area contributed by atoms with Crippen LogP contribution in [0.15, 0.2) is 46.9 Å². The lowest BCUT2D eigenvalue weighted by Gasteiger charge is -2.40. The fourth-order valence-electron chi connectivity index (χ4n) is 5.05. The molecule has 4 rings (SSSR count). The van der Waals surface area contributed by atoms with Crippen molar-refractivity contribution in [3.63, 3.8) is 0 Å². The Labute approximate surface area is 235 Å². The predicted octanol–water partition coefficient (Wildman–Crippen LogP) is 6.24. The molecule has 1 spiro atoms. The molecule has 1 amide bonds. The van der Waals surface area contributed by atoms with Crippen LogP contribution in [0.5, 0.6) is 5.75 Å². The first-order valence-corrected chi connectivity index (χ1v) is 14.7. The third kappa shape index (κ3) is 7.09. The van der Waals surface area contributed by atoms with E-state index in [1.807, 2.05) is 65.8 Å². The van der Waals surface area contributed by atoms with Gasteiger partial charge in [-0.3, -0.25) is 0 Å². The monoisotopic (exact) mass is 554 g/mol. The molecule has 7 nitrogen and oxygen atoms in total. The smallest absolute Gasteiger partial charge is 0.410 e. The minimum absolute atomic E-state index is 0.246. The van der Waals surface area contributed by atoms with E-state index in [9.17, 15) is 9.00 Å². The van der Waals surface area contributed by atoms with Crippen molar-refractivity contribution in [2.45, 2.75) is 84.4 Å². The zero-order chi connectivity index (χ0) is 28.4. The third-order valence-corrected chi connectivity index (χ3v) is 8.62. The largest absolute Gasteiger partial charge is 0.497 e. The van der Waals surface area contributed by atoms with Gasteiger partial charge >= 0.3 is 6.09 Å². The molecule has 2 aromatic rings. The summed E-state index contributed by atoms with van der Waals surface area (Å²) in [5, 5.41) is 0. The molecular formula is C31H42N2O5S. The molecule has 0 saturated carbocycles. The highest BCUT2D eigenvalue weighted by molar-refractivity contribution is 7.85. The molecule has 0 radical (unpaired) electrons. The molecule has 0 N–H and O–H groups in total. The number of ether oxygens (including phenoxy) is 3. The lowest BCUT2D eigenvalue weighted by atomic mass is 9.74. The van der Waals surface area contributed by atoms with E-state index in [2.05, 4.69) is 18.2 Å². The van der Waals surface area contributed by atoms with Gasteiger partial charge in [0.25, 0.3) is 0 Å². The van der Waals surface area contributed by atoms with Gasteiger partial charge < -0.3 is 19.1 Å². The molecule has 2 aromatic carbocycles. The fraction of sp³-hybridized carbons (Fsp3) is 0.548. The SMILES string of the molecule is COc1ccc(COCc2ccc3c(c2)/C(=N\[S@](=O)C(C)(C)C)C2(CCN(C(=O)OC(C)(C)C)CC2)C3)cc1. The van der Waals surface area contributed by atoms with Crippen LogP contribution in [0.4, 0.5) is 4.79 Å². The van der Waals surface area contributed by atoms with Crippen LogP contribution in [0.25, 0.3) is 0 Å². The highest BCUT2D eigenvalue weighted by atomic mass is 32.2. The number of piperidine rings is 1. The summed E-state index contributed by atoms with van der Waals surface area (Å²) in [7, 11) is 0.264. The fourth-order valence-corrected chi connectivity index (χ4v) is 5.79. The number of amides is 1. The summed E-state index contributed by atoms with van der Waals surface area (Å²) in [6.07, 6.45) is 2.06. The molecule has 0 bridgehead atoms. The Morgan fingerprint density at radius 1 is 0.974 bits per heavy atom. The van der Waals surface area contributed by atoms with E-state index < -0.39 is 21.3 Å². The van der Waals surface area contributed by atoms with Crippen molar-refractivity contribution >= 4 is 22.8 Å². The Hall–Kier alpha value is -2.71. The van der Waals surface area contributed by atoms with Gasteiger partial charge in [-0.2, -0.15) is 4.40 Å². The molecule has 0 unspecified atom stereocenters. The Balaban J connectivity index is 1.53. The van der Waals surface area contributed by atoms with Crippen molar-refractivity contribution in [3.8, 4) is 5.75 Å². The Kier molecular flexibility index (Phi) is 8.57. The number of benzene rings is 2. The first-order valence-electron chi connectivity index (χ1n) is 13.6. The molecule has 212 valence electrons. The molecule has 1 heterocycles. The van der Waals surface area contributed by atoms with Gasteiger partial charge in [0.05, 0.1) is 30.8 Å². The number of carbonyl (C=O) groups excluding carboxylic acids is 1. The molecule has 1 saturated heterocycles. The van der Waals surface area contributed by atoms with Crippen LogP contribution in [0.3, 0.4) is 0 Å². The molecule has 0 aromatic heterocycles. The van der Waals surface area contributed by atoms with Crippen molar-refractivity contribution in [3.05, 3.63) is 64.7 Å². The molecule has 39 heavy (non-hydrogen) atoms. The highest BCUT2D eigenvalue weighted by Crippen LogP contribution is 2.46. The molecule has 2 aliphatic rings. The number of nitrogens with zero attached hydrogens (tertiary/aromatic N) is 2. The van der Waals surface area contributed by atoms with Gasteiger partial charge in [0.15, 0.2) is 0 Å². The van der Waals surface area contributed by atoms with E-state index in [1.165, 1.54) is 5.56 Å². The summed E-state index contributed by atoms with van der Waals surface area (Å²) in [6, 6.07) is 14.3. The summed E-state index contributed by atoms with van der Waals surface area (Å²) in [5.41, 5.74) is 4.54. The first kappa shape index (κ1) is 29.3. The standard InChI is InChI=1S/C31H42N2O5S/c1-29(2,3)38-28(34)33-16-14-31(15-17-33)19-24-11-8-23(18-26(24)27(31)32-39(35)30(4,5)6)21-37-20-22-9-12-25(36-7)13-10-22/h8-13,18H,14-17,19-21H2,1-7H3/b32-27+/t39-/m1/s1. The lowest BCUT2D eigenvalue weighted by molar-refractivity contribution is 0.0159. The molecule has 1 aliphatic carbocycles. The van der Waals surface area contributed by atoms with E-state index in [4.69, 9.17) is 18.6 Å². The van der Waals surface area contributed by atoms with Gasteiger partial charge in [-0.15, -0.1) is 0 Å². The van der Waals surface area contributed by atoms with Gasteiger partial charge in [-0.1, -0.05) is 24.3 Å². The second-order valence-corrected chi connectivity index (χ2v) is 14.5. The van der Waals surface area contributed by atoms with Gasteiger partial charge in [0.1, 0.15) is 22.3 Å². The molecular weight excluding hydrogens is 512 g/mol. The van der Waals surface area contributed by atoms with Crippen molar-refractivity contribution in [1.82, 2.24) is 4.90 Å². The van der Waals surface area contributed by atoms with Crippen LogP contribution < -0.4 is 4.74 Å². The lowest BCUT2D eigenvalue weighted by Crippen LogP contribution is -2.47. The average Bonchev–Trinajstić information content (AvgIpc) is 3.15. The summed E-state index contributed by atoms with van der Waals surface area (Å²) in [5.74, 6) is 0.822. The molecule has 1 aliphatic heterocycles. The zero-order valence-corrected chi connectivity index (χ0v) is 25.2. The highest BCUT2D eigenvalue weighted by Gasteiger charge is 2.47. The minimum Gasteiger partial charge on any atom is -0.497 e. The number of fused-ring (bicyclic) bond motifs is 1. The summed E-state index contributed by atoms with van der Waals surface area (Å²) in [4.78, 5) is 14.5. The summed E-state index contributed by atoms with van der Waals surface area (Å²) >= 11 is 0. The Morgan fingerprint density at radius 2 is 1.59 bits per heavy atom. The topological polar surface area (TPSA) is 77.4 Å². The minimum atomic E-state index is -1.39. The number of likely N-dealkylation sites (tertiary alicyclic amines) is 1. The van der Waals surface area contributed by atoms with Crippen molar-refractivity contribution < 1.29 is 23.2 Å². The number of carbonyl (C=O) groups is 1. The van der Waals surface area contributed by atoms with Crippen LogP contribution in [0, 0.1) is 5.41 Å². The first-order chi connectivity index (χ1) is 18.3. The number of hydrogen-bond donors (Lipinski definition) is 0. The molecule has 8 heteroatoms. The maximum Gasteiger partial charge on any atom is 0.410 e. The van der Waals surface area contributed by atoms with Crippen molar-refractivity contribution in [1.29, 1.82) is 0 Å². The summed E-state index contributed by atoms with van der Waals surface area (Å²) < 4.78 is 34.5. The number of hydrogen-bond acceptors (Lipinski definition) is 5. The van der Waals surface area contributed by atoms with Crippen LogP contribution in [-0.2, 0) is 40.1 Å². The normalized spacial score (nSPS) is 18.7. The maximum atomic E-state index is 13.3. The molecule has 1 atom stereocenters. The van der Waals surface area contributed by atoms with Gasteiger partial charge in [0, 0.05) is 24.1 Å². The van der Waals surface area contributed by atoms with E-state index in [1.54, 1.807) is 12.0 Å². The molecule has 1 fully saturated rings. The van der Waals surface area contributed by atoms with Crippen molar-refractivity contribution in [2.75, 3.05) is 20.2 Å². The van der Waals surface area contributed by atoms with Gasteiger partial charge in [0.2, 0.25) is 0 Å². The maximum absolute atomic E-state index is 13.3.